The van der Waals surface area contributed by atoms with Crippen molar-refractivity contribution in [3.05, 3.63) is 22.5 Å². The predicted molar refractivity (Wildman–Crippen MR) is 52.0 cm³/mol. The first-order valence-corrected chi connectivity index (χ1v) is 4.83. The van der Waals surface area contributed by atoms with E-state index < -0.39 is 35.5 Å². The molecule has 3 atom stereocenters. The van der Waals surface area contributed by atoms with Crippen LogP contribution in [0.2, 0.25) is 0 Å². The molecule has 7 heteroatoms. The lowest BCUT2D eigenvalue weighted by Crippen LogP contribution is -2.46. The summed E-state index contributed by atoms with van der Waals surface area (Å²) >= 11 is 0. The van der Waals surface area contributed by atoms with E-state index in [4.69, 9.17) is 10.8 Å². The molecule has 1 aliphatic carbocycles. The summed E-state index contributed by atoms with van der Waals surface area (Å²) in [6, 6.07) is -0.757. The van der Waals surface area contributed by atoms with Crippen molar-refractivity contribution in [1.29, 1.82) is 0 Å². The third-order valence-corrected chi connectivity index (χ3v) is 2.89. The van der Waals surface area contributed by atoms with Crippen LogP contribution in [0.1, 0.15) is 12.5 Å². The van der Waals surface area contributed by atoms with Crippen LogP contribution in [0.4, 0.5) is 14.6 Å². The normalized spacial score (nSPS) is 28.8. The summed E-state index contributed by atoms with van der Waals surface area (Å²) in [6.45, 7) is -0.280. The molecule has 1 heterocycles. The van der Waals surface area contributed by atoms with Gasteiger partial charge >= 0.3 is 5.69 Å². The highest BCUT2D eigenvalue weighted by atomic mass is 19.1. The van der Waals surface area contributed by atoms with Crippen molar-refractivity contribution in [1.82, 2.24) is 9.55 Å². The van der Waals surface area contributed by atoms with Gasteiger partial charge in [0.15, 0.2) is 11.6 Å². The molecule has 0 amide bonds. The molecule has 3 N–H and O–H groups in total. The minimum atomic E-state index is -1.35. The van der Waals surface area contributed by atoms with E-state index in [1.165, 1.54) is 0 Å². The van der Waals surface area contributed by atoms with Gasteiger partial charge in [0.25, 0.3) is 0 Å². The number of aliphatic hydroxyl groups is 1. The van der Waals surface area contributed by atoms with Crippen molar-refractivity contribution in [3.8, 4) is 0 Å². The number of halogens is 2. The molecule has 2 rings (SSSR count). The Morgan fingerprint density at radius 3 is 2.94 bits per heavy atom. The van der Waals surface area contributed by atoms with Crippen molar-refractivity contribution in [3.63, 3.8) is 0 Å². The third kappa shape index (κ3) is 1.57. The summed E-state index contributed by atoms with van der Waals surface area (Å²) in [5.41, 5.74) is 4.33. The number of nitrogen functional groups attached to an aromatic ring is 1. The van der Waals surface area contributed by atoms with Crippen LogP contribution in [-0.4, -0.2) is 27.4 Å². The van der Waals surface area contributed by atoms with Crippen LogP contribution >= 0.6 is 0 Å². The first kappa shape index (κ1) is 11.0. The van der Waals surface area contributed by atoms with Gasteiger partial charge in [-0.05, 0) is 6.42 Å². The molecule has 1 unspecified atom stereocenters. The average molecular weight is 231 g/mol. The molecule has 5 nitrogen and oxygen atoms in total. The summed E-state index contributed by atoms with van der Waals surface area (Å²) in [7, 11) is 0. The molecule has 0 aromatic carbocycles. The Morgan fingerprint density at radius 1 is 1.69 bits per heavy atom. The van der Waals surface area contributed by atoms with Crippen LogP contribution in [0.25, 0.3) is 0 Å². The Balaban J connectivity index is 2.30. The maximum atomic E-state index is 13.4. The van der Waals surface area contributed by atoms with Crippen LogP contribution in [-0.2, 0) is 0 Å². The monoisotopic (exact) mass is 231 g/mol. The van der Waals surface area contributed by atoms with Gasteiger partial charge in [-0.15, -0.1) is 0 Å². The van der Waals surface area contributed by atoms with E-state index in [9.17, 15) is 13.6 Å². The first-order valence-electron chi connectivity index (χ1n) is 4.83. The van der Waals surface area contributed by atoms with E-state index >= 15 is 0 Å². The Morgan fingerprint density at radius 2 is 2.38 bits per heavy atom. The maximum absolute atomic E-state index is 13.4. The Bertz CT molecular complexity index is 463. The van der Waals surface area contributed by atoms with E-state index in [1.54, 1.807) is 0 Å². The molecule has 0 spiro atoms. The van der Waals surface area contributed by atoms with Crippen LogP contribution in [0.5, 0.6) is 0 Å². The zero-order chi connectivity index (χ0) is 11.9. The van der Waals surface area contributed by atoms with Gasteiger partial charge in [0, 0.05) is 18.7 Å². The van der Waals surface area contributed by atoms with Crippen molar-refractivity contribution in [2.45, 2.75) is 18.6 Å². The number of hydrogen-bond donors (Lipinski definition) is 2. The Kier molecular flexibility index (Phi) is 2.63. The van der Waals surface area contributed by atoms with E-state index in [1.807, 2.05) is 0 Å². The van der Waals surface area contributed by atoms with Gasteiger partial charge in [0.1, 0.15) is 6.17 Å². The highest BCUT2D eigenvalue weighted by Gasteiger charge is 2.42. The standard InChI is InChI=1S/C9H11F2N3O2/c10-5-2-14(9(16)13-8(5)12)6-1-4(3-15)7(6)11/h2,4,6-7,15H,1,3H2,(H2,12,13,16)/t4-,6-,7?/m1/s1. The lowest BCUT2D eigenvalue weighted by molar-refractivity contribution is -0.000671. The van der Waals surface area contributed by atoms with E-state index in [0.717, 1.165) is 10.8 Å². The van der Waals surface area contributed by atoms with Gasteiger partial charge in [0.2, 0.25) is 0 Å². The second-order valence-electron chi connectivity index (χ2n) is 3.85. The molecule has 1 fully saturated rings. The third-order valence-electron chi connectivity index (χ3n) is 2.89. The summed E-state index contributed by atoms with van der Waals surface area (Å²) in [5, 5.41) is 8.75. The number of rotatable bonds is 2. The second-order valence-corrected chi connectivity index (χ2v) is 3.85. The second kappa shape index (κ2) is 3.82. The number of alkyl halides is 1. The minimum Gasteiger partial charge on any atom is -0.396 e. The molecular weight excluding hydrogens is 220 g/mol. The molecule has 0 aliphatic heterocycles. The van der Waals surface area contributed by atoms with Gasteiger partial charge in [-0.2, -0.15) is 4.98 Å². The number of nitrogens with zero attached hydrogens (tertiary/aromatic N) is 2. The molecule has 88 valence electrons. The van der Waals surface area contributed by atoms with Gasteiger partial charge in [-0.1, -0.05) is 0 Å². The van der Waals surface area contributed by atoms with Crippen LogP contribution in [0.15, 0.2) is 11.0 Å². The summed E-state index contributed by atoms with van der Waals surface area (Å²) < 4.78 is 27.4. The Labute approximate surface area is 89.5 Å². The smallest absolute Gasteiger partial charge is 0.350 e. The lowest BCUT2D eigenvalue weighted by Gasteiger charge is -2.39. The quantitative estimate of drug-likeness (QED) is 0.742. The van der Waals surface area contributed by atoms with Crippen LogP contribution in [0, 0.1) is 11.7 Å². The van der Waals surface area contributed by atoms with Crippen molar-refractivity contribution < 1.29 is 13.9 Å². The number of aromatic nitrogens is 2. The number of nitrogens with two attached hydrogens (primary N) is 1. The summed E-state index contributed by atoms with van der Waals surface area (Å²) in [4.78, 5) is 14.6. The van der Waals surface area contributed by atoms with Gasteiger partial charge in [-0.25, -0.2) is 13.6 Å². The molecular formula is C9H11F2N3O2. The molecule has 16 heavy (non-hydrogen) atoms. The Hall–Kier alpha value is -1.50. The SMILES string of the molecule is Nc1nc(=O)n([C@@H]2C[C@H](CO)C2F)cc1F. The highest BCUT2D eigenvalue weighted by Crippen LogP contribution is 2.39. The van der Waals surface area contributed by atoms with Crippen molar-refractivity contribution >= 4 is 5.82 Å². The van der Waals surface area contributed by atoms with Crippen LogP contribution in [0.3, 0.4) is 0 Å². The fourth-order valence-electron chi connectivity index (χ4n) is 1.83. The average Bonchev–Trinajstić information content (AvgIpc) is 2.24. The van der Waals surface area contributed by atoms with Gasteiger partial charge in [0.05, 0.1) is 6.04 Å². The largest absolute Gasteiger partial charge is 0.396 e. The van der Waals surface area contributed by atoms with Gasteiger partial charge < -0.3 is 10.8 Å². The predicted octanol–water partition coefficient (Wildman–Crippen LogP) is -0.144. The van der Waals surface area contributed by atoms with E-state index in [0.29, 0.717) is 6.42 Å². The van der Waals surface area contributed by atoms with E-state index in [2.05, 4.69) is 4.98 Å². The van der Waals surface area contributed by atoms with E-state index in [-0.39, 0.29) is 6.61 Å². The molecule has 1 aromatic heterocycles. The zero-order valence-corrected chi connectivity index (χ0v) is 8.31. The molecule has 0 bridgehead atoms. The lowest BCUT2D eigenvalue weighted by atomic mass is 9.78. The molecule has 1 aliphatic rings. The number of anilines is 1. The van der Waals surface area contributed by atoms with Crippen LogP contribution < -0.4 is 11.4 Å². The fraction of sp³-hybridized carbons (Fsp3) is 0.556. The molecule has 0 saturated heterocycles. The maximum Gasteiger partial charge on any atom is 0.350 e. The fourth-order valence-corrected chi connectivity index (χ4v) is 1.83. The summed E-state index contributed by atoms with van der Waals surface area (Å²) in [6.07, 6.45) is -0.203. The first-order chi connectivity index (χ1) is 7.54. The minimum absolute atomic E-state index is 0.280. The molecule has 1 saturated carbocycles. The number of aliphatic hydroxyl groups excluding tert-OH is 1. The molecule has 1 aromatic rings. The zero-order valence-electron chi connectivity index (χ0n) is 8.31. The molecule has 0 radical (unpaired) electrons. The topological polar surface area (TPSA) is 81.1 Å². The highest BCUT2D eigenvalue weighted by molar-refractivity contribution is 5.26. The summed E-state index contributed by atoms with van der Waals surface area (Å²) in [5.74, 6) is -1.83. The van der Waals surface area contributed by atoms with Crippen molar-refractivity contribution in [2.75, 3.05) is 12.3 Å². The van der Waals surface area contributed by atoms with Gasteiger partial charge in [-0.3, -0.25) is 4.57 Å². The van der Waals surface area contributed by atoms with Crippen molar-refractivity contribution in [2.24, 2.45) is 5.92 Å². The number of hydrogen-bond acceptors (Lipinski definition) is 4.